The number of rotatable bonds is 18. The lowest BCUT2D eigenvalue weighted by atomic mass is 10.0. The molecule has 0 aromatic heterocycles. The maximum atomic E-state index is 4.19. The number of hydrogen-bond donors (Lipinski definition) is 0. The van der Waals surface area contributed by atoms with Crippen molar-refractivity contribution >= 4 is 0 Å². The molecule has 0 unspecified atom stereocenters. The Morgan fingerprint density at radius 2 is 0.773 bits per heavy atom. The molecule has 0 nitrogen and oxygen atoms in total. The third kappa shape index (κ3) is 17.8. The summed E-state index contributed by atoms with van der Waals surface area (Å²) in [6.45, 7) is 8.75. The summed E-state index contributed by atoms with van der Waals surface area (Å²) in [6, 6.07) is 0. The lowest BCUT2D eigenvalue weighted by Gasteiger charge is -2.05. The Balaban J connectivity index is 3.04. The molecule has 22 heavy (non-hydrogen) atoms. The molecule has 0 N–H and O–H groups in total. The van der Waals surface area contributed by atoms with Gasteiger partial charge in [-0.05, 0) is 25.7 Å². The smallest absolute Gasteiger partial charge is 0.0323 e. The normalized spacial score (nSPS) is 11.0. The van der Waals surface area contributed by atoms with E-state index in [9.17, 15) is 0 Å². The minimum atomic E-state index is 1.26. The number of hydrogen-bond acceptors (Lipinski definition) is 0. The summed E-state index contributed by atoms with van der Waals surface area (Å²) in [5.41, 5.74) is 1.49. The standard InChI is InChI=1S/C22H44/c1-4-6-8-9-10-11-12-13-14-15-16-17-18-19-21-22(3)20-7-5-2/h3-21H2,1-2H3. The highest BCUT2D eigenvalue weighted by atomic mass is 14.0. The summed E-state index contributed by atoms with van der Waals surface area (Å²) >= 11 is 0. The van der Waals surface area contributed by atoms with Crippen LogP contribution in [0.4, 0.5) is 0 Å². The molecule has 0 saturated heterocycles. The van der Waals surface area contributed by atoms with Crippen LogP contribution in [0, 0.1) is 0 Å². The van der Waals surface area contributed by atoms with Crippen molar-refractivity contribution in [1.82, 2.24) is 0 Å². The first-order chi connectivity index (χ1) is 10.8. The Bertz CT molecular complexity index is 216. The molecule has 0 rings (SSSR count). The molecular weight excluding hydrogens is 264 g/mol. The number of unbranched alkanes of at least 4 members (excludes halogenated alkanes) is 14. The molecule has 0 atom stereocenters. The van der Waals surface area contributed by atoms with Gasteiger partial charge >= 0.3 is 0 Å². The van der Waals surface area contributed by atoms with Crippen molar-refractivity contribution in [3.63, 3.8) is 0 Å². The van der Waals surface area contributed by atoms with Crippen LogP contribution in [0.15, 0.2) is 12.2 Å². The molecule has 0 amide bonds. The van der Waals surface area contributed by atoms with Gasteiger partial charge in [0.05, 0.1) is 0 Å². The van der Waals surface area contributed by atoms with Crippen molar-refractivity contribution in [3.8, 4) is 0 Å². The van der Waals surface area contributed by atoms with E-state index in [0.717, 1.165) is 0 Å². The van der Waals surface area contributed by atoms with E-state index in [1.807, 2.05) is 0 Å². The van der Waals surface area contributed by atoms with Crippen LogP contribution in [0.5, 0.6) is 0 Å². The van der Waals surface area contributed by atoms with Gasteiger partial charge in [-0.25, -0.2) is 0 Å². The van der Waals surface area contributed by atoms with Crippen molar-refractivity contribution in [1.29, 1.82) is 0 Å². The summed E-state index contributed by atoms with van der Waals surface area (Å²) in [5.74, 6) is 0. The van der Waals surface area contributed by atoms with Gasteiger partial charge in [0.1, 0.15) is 0 Å². The predicted molar refractivity (Wildman–Crippen MR) is 104 cm³/mol. The fourth-order valence-corrected chi connectivity index (χ4v) is 3.12. The van der Waals surface area contributed by atoms with Crippen molar-refractivity contribution in [2.75, 3.05) is 0 Å². The Kier molecular flexibility index (Phi) is 18.6. The maximum absolute atomic E-state index is 4.19. The molecule has 0 bridgehead atoms. The average Bonchev–Trinajstić information content (AvgIpc) is 2.53. The molecular formula is C22H44. The highest BCUT2D eigenvalue weighted by molar-refractivity contribution is 4.93. The maximum Gasteiger partial charge on any atom is -0.0323 e. The van der Waals surface area contributed by atoms with Crippen LogP contribution >= 0.6 is 0 Å². The van der Waals surface area contributed by atoms with E-state index in [1.54, 1.807) is 0 Å². The summed E-state index contributed by atoms with van der Waals surface area (Å²) in [5, 5.41) is 0. The Morgan fingerprint density at radius 1 is 0.455 bits per heavy atom. The van der Waals surface area contributed by atoms with Crippen LogP contribution in [0.3, 0.4) is 0 Å². The third-order valence-corrected chi connectivity index (χ3v) is 4.77. The van der Waals surface area contributed by atoms with Crippen LogP contribution in [-0.2, 0) is 0 Å². The van der Waals surface area contributed by atoms with Gasteiger partial charge in [0, 0.05) is 0 Å². The van der Waals surface area contributed by atoms with Gasteiger partial charge in [-0.2, -0.15) is 0 Å². The van der Waals surface area contributed by atoms with Crippen molar-refractivity contribution in [3.05, 3.63) is 12.2 Å². The summed E-state index contributed by atoms with van der Waals surface area (Å²) in [7, 11) is 0. The lowest BCUT2D eigenvalue weighted by Crippen LogP contribution is -1.85. The first-order valence-electron chi connectivity index (χ1n) is 10.5. The molecule has 0 heteroatoms. The fraction of sp³-hybridized carbons (Fsp3) is 0.909. The van der Waals surface area contributed by atoms with Crippen molar-refractivity contribution in [2.45, 2.75) is 129 Å². The first-order valence-corrected chi connectivity index (χ1v) is 10.5. The van der Waals surface area contributed by atoms with E-state index < -0.39 is 0 Å². The molecule has 0 fully saturated rings. The molecule has 0 aromatic rings. The zero-order valence-electron chi connectivity index (χ0n) is 15.9. The Labute approximate surface area is 142 Å². The SMILES string of the molecule is C=C(CCCC)CCCCCCCCCCCCCCCC. The molecule has 0 spiro atoms. The second kappa shape index (κ2) is 18.8. The highest BCUT2D eigenvalue weighted by Crippen LogP contribution is 2.16. The summed E-state index contributed by atoms with van der Waals surface area (Å²) in [6.07, 6.45) is 25.4. The summed E-state index contributed by atoms with van der Waals surface area (Å²) < 4.78 is 0. The molecule has 0 radical (unpaired) electrons. The van der Waals surface area contributed by atoms with Gasteiger partial charge < -0.3 is 0 Å². The second-order valence-corrected chi connectivity index (χ2v) is 7.20. The van der Waals surface area contributed by atoms with Gasteiger partial charge in [0.25, 0.3) is 0 Å². The van der Waals surface area contributed by atoms with Crippen LogP contribution in [0.1, 0.15) is 129 Å². The Hall–Kier alpha value is -0.260. The van der Waals surface area contributed by atoms with Crippen LogP contribution in [0.2, 0.25) is 0 Å². The number of allylic oxidation sites excluding steroid dienone is 1. The molecule has 0 heterocycles. The van der Waals surface area contributed by atoms with Gasteiger partial charge in [0.15, 0.2) is 0 Å². The fourth-order valence-electron chi connectivity index (χ4n) is 3.12. The molecule has 0 aliphatic rings. The van der Waals surface area contributed by atoms with Gasteiger partial charge in [-0.3, -0.25) is 0 Å². The molecule has 0 aliphatic heterocycles. The second-order valence-electron chi connectivity index (χ2n) is 7.20. The quantitative estimate of drug-likeness (QED) is 0.176. The zero-order valence-corrected chi connectivity index (χ0v) is 15.9. The first kappa shape index (κ1) is 21.7. The van der Waals surface area contributed by atoms with Crippen molar-refractivity contribution in [2.24, 2.45) is 0 Å². The lowest BCUT2D eigenvalue weighted by molar-refractivity contribution is 0.534. The largest absolute Gasteiger partial charge is 0.0999 e. The van der Waals surface area contributed by atoms with Crippen molar-refractivity contribution < 1.29 is 0 Å². The molecule has 132 valence electrons. The van der Waals surface area contributed by atoms with Crippen LogP contribution in [0.25, 0.3) is 0 Å². The van der Waals surface area contributed by atoms with Crippen LogP contribution in [-0.4, -0.2) is 0 Å². The van der Waals surface area contributed by atoms with Gasteiger partial charge in [-0.1, -0.05) is 116 Å². The van der Waals surface area contributed by atoms with Crippen LogP contribution < -0.4 is 0 Å². The zero-order chi connectivity index (χ0) is 16.3. The minimum Gasteiger partial charge on any atom is -0.0999 e. The summed E-state index contributed by atoms with van der Waals surface area (Å²) in [4.78, 5) is 0. The minimum absolute atomic E-state index is 1.26. The van der Waals surface area contributed by atoms with E-state index in [-0.39, 0.29) is 0 Å². The Morgan fingerprint density at radius 3 is 1.18 bits per heavy atom. The molecule has 0 aliphatic carbocycles. The molecule has 0 aromatic carbocycles. The third-order valence-electron chi connectivity index (χ3n) is 4.77. The van der Waals surface area contributed by atoms with E-state index in [1.165, 1.54) is 121 Å². The van der Waals surface area contributed by atoms with Gasteiger partial charge in [0.2, 0.25) is 0 Å². The predicted octanol–water partition coefficient (Wildman–Crippen LogP) is 8.60. The van der Waals surface area contributed by atoms with E-state index in [2.05, 4.69) is 20.4 Å². The average molecular weight is 309 g/mol. The van der Waals surface area contributed by atoms with E-state index in [0.29, 0.717) is 0 Å². The van der Waals surface area contributed by atoms with Gasteiger partial charge in [-0.15, -0.1) is 0 Å². The van der Waals surface area contributed by atoms with E-state index >= 15 is 0 Å². The highest BCUT2D eigenvalue weighted by Gasteiger charge is 1.96. The van der Waals surface area contributed by atoms with E-state index in [4.69, 9.17) is 0 Å². The topological polar surface area (TPSA) is 0 Å². The molecule has 0 saturated carbocycles. The monoisotopic (exact) mass is 308 g/mol.